The van der Waals surface area contributed by atoms with Gasteiger partial charge >= 0.3 is 0 Å². The van der Waals surface area contributed by atoms with Gasteiger partial charge in [0.15, 0.2) is 0 Å². The molecule has 5 heteroatoms. The number of ether oxygens (including phenoxy) is 1. The molecule has 94 valence electrons. The van der Waals surface area contributed by atoms with Crippen LogP contribution in [0.1, 0.15) is 24.9 Å². The molecule has 0 saturated carbocycles. The minimum atomic E-state index is 0.212. The zero-order valence-electron chi connectivity index (χ0n) is 10.1. The molecule has 1 fully saturated rings. The first-order valence-electron chi connectivity index (χ1n) is 6.09. The third-order valence-corrected chi connectivity index (χ3v) is 3.79. The lowest BCUT2D eigenvalue weighted by Crippen LogP contribution is -2.38. The Morgan fingerprint density at radius 3 is 3.00 bits per heavy atom. The van der Waals surface area contributed by atoms with E-state index in [1.165, 1.54) is 0 Å². The van der Waals surface area contributed by atoms with Gasteiger partial charge in [0.2, 0.25) is 0 Å². The van der Waals surface area contributed by atoms with Crippen molar-refractivity contribution >= 4 is 11.8 Å². The molecule has 17 heavy (non-hydrogen) atoms. The van der Waals surface area contributed by atoms with Gasteiger partial charge in [-0.25, -0.2) is 9.97 Å². The van der Waals surface area contributed by atoms with Gasteiger partial charge in [-0.2, -0.15) is 11.8 Å². The summed E-state index contributed by atoms with van der Waals surface area (Å²) in [5.41, 5.74) is 1.12. The molecular formula is C12H19N3OS. The van der Waals surface area contributed by atoms with E-state index in [1.807, 2.05) is 24.2 Å². The molecule has 1 N–H and O–H groups in total. The van der Waals surface area contributed by atoms with Crippen molar-refractivity contribution in [2.75, 3.05) is 24.7 Å². The molecule has 1 aromatic heterocycles. The Morgan fingerprint density at radius 2 is 2.35 bits per heavy atom. The van der Waals surface area contributed by atoms with Crippen LogP contribution in [0, 0.1) is 0 Å². The minimum absolute atomic E-state index is 0.212. The van der Waals surface area contributed by atoms with Crippen LogP contribution in [0.4, 0.5) is 0 Å². The molecule has 2 heterocycles. The molecule has 2 unspecified atom stereocenters. The van der Waals surface area contributed by atoms with Gasteiger partial charge in [0, 0.05) is 29.5 Å². The molecule has 1 saturated heterocycles. The van der Waals surface area contributed by atoms with Crippen LogP contribution in [-0.4, -0.2) is 40.7 Å². The van der Waals surface area contributed by atoms with Gasteiger partial charge < -0.3 is 10.1 Å². The molecule has 0 aliphatic carbocycles. The SMILES string of the molecule is CCCNC(c1cncnc1)C1CSCCO1. The Bertz CT molecular complexity index is 317. The summed E-state index contributed by atoms with van der Waals surface area (Å²) in [6, 6.07) is 0.212. The van der Waals surface area contributed by atoms with Crippen molar-refractivity contribution < 1.29 is 4.74 Å². The first-order chi connectivity index (χ1) is 8.42. The first kappa shape index (κ1) is 12.8. The Hall–Kier alpha value is -0.650. The summed E-state index contributed by atoms with van der Waals surface area (Å²) < 4.78 is 5.85. The number of aromatic nitrogens is 2. The summed E-state index contributed by atoms with van der Waals surface area (Å²) >= 11 is 1.95. The van der Waals surface area contributed by atoms with Crippen molar-refractivity contribution in [3.8, 4) is 0 Å². The number of hydrogen-bond donors (Lipinski definition) is 1. The summed E-state index contributed by atoms with van der Waals surface area (Å²) in [6.45, 7) is 4.00. The van der Waals surface area contributed by atoms with E-state index in [0.29, 0.717) is 0 Å². The number of nitrogens with zero attached hydrogens (tertiary/aromatic N) is 2. The van der Waals surface area contributed by atoms with E-state index in [9.17, 15) is 0 Å². The molecular weight excluding hydrogens is 234 g/mol. The van der Waals surface area contributed by atoms with Crippen molar-refractivity contribution in [3.63, 3.8) is 0 Å². The van der Waals surface area contributed by atoms with E-state index in [0.717, 1.165) is 36.6 Å². The highest BCUT2D eigenvalue weighted by atomic mass is 32.2. The van der Waals surface area contributed by atoms with Crippen molar-refractivity contribution in [1.29, 1.82) is 0 Å². The maximum Gasteiger partial charge on any atom is 0.115 e. The highest BCUT2D eigenvalue weighted by molar-refractivity contribution is 7.99. The second-order valence-electron chi connectivity index (χ2n) is 4.09. The largest absolute Gasteiger partial charge is 0.375 e. The van der Waals surface area contributed by atoms with E-state index < -0.39 is 0 Å². The number of nitrogens with one attached hydrogen (secondary N) is 1. The van der Waals surface area contributed by atoms with Crippen molar-refractivity contribution in [3.05, 3.63) is 24.3 Å². The van der Waals surface area contributed by atoms with Crippen molar-refractivity contribution in [2.45, 2.75) is 25.5 Å². The summed E-state index contributed by atoms with van der Waals surface area (Å²) in [5, 5.41) is 3.54. The molecule has 0 amide bonds. The number of thioether (sulfide) groups is 1. The molecule has 4 nitrogen and oxygen atoms in total. The third kappa shape index (κ3) is 3.66. The first-order valence-corrected chi connectivity index (χ1v) is 7.25. The lowest BCUT2D eigenvalue weighted by molar-refractivity contribution is 0.0466. The van der Waals surface area contributed by atoms with E-state index in [-0.39, 0.29) is 12.1 Å². The Morgan fingerprint density at radius 1 is 1.53 bits per heavy atom. The normalized spacial score (nSPS) is 22.3. The van der Waals surface area contributed by atoms with E-state index in [1.54, 1.807) is 6.33 Å². The minimum Gasteiger partial charge on any atom is -0.375 e. The zero-order chi connectivity index (χ0) is 11.9. The third-order valence-electron chi connectivity index (χ3n) is 2.77. The molecule has 1 aliphatic rings. The van der Waals surface area contributed by atoms with Crippen LogP contribution in [0.15, 0.2) is 18.7 Å². The van der Waals surface area contributed by atoms with Gasteiger partial charge in [-0.1, -0.05) is 6.92 Å². The molecule has 1 aromatic rings. The zero-order valence-corrected chi connectivity index (χ0v) is 10.9. The summed E-state index contributed by atoms with van der Waals surface area (Å²) in [4.78, 5) is 8.19. The Labute approximate surface area is 107 Å². The molecule has 1 aliphatic heterocycles. The van der Waals surface area contributed by atoms with E-state index in [2.05, 4.69) is 22.2 Å². The van der Waals surface area contributed by atoms with Crippen LogP contribution < -0.4 is 5.32 Å². The second kappa shape index (κ2) is 6.93. The van der Waals surface area contributed by atoms with Crippen LogP contribution in [0.25, 0.3) is 0 Å². The summed E-state index contributed by atoms with van der Waals surface area (Å²) in [6.07, 6.45) is 6.67. The molecule has 0 radical (unpaired) electrons. The van der Waals surface area contributed by atoms with E-state index >= 15 is 0 Å². The highest BCUT2D eigenvalue weighted by Crippen LogP contribution is 2.24. The standard InChI is InChI=1S/C12H19N3OS/c1-2-3-15-12(10-6-13-9-14-7-10)11-8-17-5-4-16-11/h6-7,9,11-12,15H,2-5,8H2,1H3. The molecule has 0 spiro atoms. The number of hydrogen-bond acceptors (Lipinski definition) is 5. The molecule has 2 atom stereocenters. The van der Waals surface area contributed by atoms with Crippen LogP contribution in [0.2, 0.25) is 0 Å². The quantitative estimate of drug-likeness (QED) is 0.864. The van der Waals surface area contributed by atoms with Gasteiger partial charge in [-0.15, -0.1) is 0 Å². The lowest BCUT2D eigenvalue weighted by atomic mass is 10.1. The predicted molar refractivity (Wildman–Crippen MR) is 70.1 cm³/mol. The summed E-state index contributed by atoms with van der Waals surface area (Å²) in [5.74, 6) is 2.14. The van der Waals surface area contributed by atoms with Crippen molar-refractivity contribution in [1.82, 2.24) is 15.3 Å². The fraction of sp³-hybridized carbons (Fsp3) is 0.667. The topological polar surface area (TPSA) is 47.0 Å². The second-order valence-corrected chi connectivity index (χ2v) is 5.24. The maximum atomic E-state index is 5.85. The van der Waals surface area contributed by atoms with Crippen molar-refractivity contribution in [2.24, 2.45) is 0 Å². The van der Waals surface area contributed by atoms with Crippen LogP contribution in [-0.2, 0) is 4.74 Å². The van der Waals surface area contributed by atoms with Gasteiger partial charge in [-0.05, 0) is 13.0 Å². The lowest BCUT2D eigenvalue weighted by Gasteiger charge is -2.30. The molecule has 0 bridgehead atoms. The van der Waals surface area contributed by atoms with E-state index in [4.69, 9.17) is 4.74 Å². The smallest absolute Gasteiger partial charge is 0.115 e. The molecule has 2 rings (SSSR count). The Kier molecular flexibility index (Phi) is 5.22. The predicted octanol–water partition coefficient (Wildman–Crippen LogP) is 1.65. The van der Waals surface area contributed by atoms with Gasteiger partial charge in [0.1, 0.15) is 6.33 Å². The van der Waals surface area contributed by atoms with Crippen LogP contribution >= 0.6 is 11.8 Å². The maximum absolute atomic E-state index is 5.85. The van der Waals surface area contributed by atoms with Crippen LogP contribution in [0.5, 0.6) is 0 Å². The molecule has 0 aromatic carbocycles. The highest BCUT2D eigenvalue weighted by Gasteiger charge is 2.26. The Balaban J connectivity index is 2.06. The van der Waals surface area contributed by atoms with Gasteiger partial charge in [0.05, 0.1) is 18.8 Å². The average molecular weight is 253 g/mol. The van der Waals surface area contributed by atoms with Gasteiger partial charge in [0.25, 0.3) is 0 Å². The fourth-order valence-electron chi connectivity index (χ4n) is 1.93. The number of rotatable bonds is 5. The van der Waals surface area contributed by atoms with Gasteiger partial charge in [-0.3, -0.25) is 0 Å². The fourth-order valence-corrected chi connectivity index (χ4v) is 2.84. The average Bonchev–Trinajstić information content (AvgIpc) is 2.42. The summed E-state index contributed by atoms with van der Waals surface area (Å²) in [7, 11) is 0. The monoisotopic (exact) mass is 253 g/mol. The van der Waals surface area contributed by atoms with Crippen LogP contribution in [0.3, 0.4) is 0 Å².